The molecule has 1 fully saturated rings. The summed E-state index contributed by atoms with van der Waals surface area (Å²) >= 11 is 3.26. The van der Waals surface area contributed by atoms with Gasteiger partial charge in [0.2, 0.25) is 0 Å². The number of alkyl halides is 3. The lowest BCUT2D eigenvalue weighted by molar-refractivity contribution is -0.189. The van der Waals surface area contributed by atoms with Crippen molar-refractivity contribution in [3.8, 4) is 0 Å². The van der Waals surface area contributed by atoms with Crippen LogP contribution >= 0.6 is 15.9 Å². The van der Waals surface area contributed by atoms with Crippen LogP contribution in [-0.2, 0) is 0 Å². The maximum Gasteiger partial charge on any atom is 0.393 e. The van der Waals surface area contributed by atoms with E-state index in [1.54, 1.807) is 13.0 Å². The standard InChI is InChI=1S/C15H18BrF4N/c1-9(11-7-6-10(17)8-13(11)16)21-14-5-3-2-4-12(14)15(18,19)20/h6-9,12,14,21H,2-5H2,1H3. The highest BCUT2D eigenvalue weighted by Gasteiger charge is 2.45. The van der Waals surface area contributed by atoms with E-state index in [-0.39, 0.29) is 18.3 Å². The molecular weight excluding hydrogens is 350 g/mol. The first-order chi connectivity index (χ1) is 9.79. The van der Waals surface area contributed by atoms with Gasteiger partial charge < -0.3 is 5.32 Å². The van der Waals surface area contributed by atoms with E-state index in [2.05, 4.69) is 21.2 Å². The summed E-state index contributed by atoms with van der Waals surface area (Å²) in [6.45, 7) is 1.81. The minimum Gasteiger partial charge on any atom is -0.307 e. The maximum absolute atomic E-state index is 13.1. The molecule has 0 spiro atoms. The fraction of sp³-hybridized carbons (Fsp3) is 0.600. The fourth-order valence-corrected chi connectivity index (χ4v) is 3.68. The molecule has 0 aromatic heterocycles. The molecule has 1 N–H and O–H groups in total. The van der Waals surface area contributed by atoms with E-state index < -0.39 is 18.1 Å². The van der Waals surface area contributed by atoms with Crippen molar-refractivity contribution in [2.75, 3.05) is 0 Å². The Kier molecular flexibility index (Phi) is 5.30. The number of benzene rings is 1. The summed E-state index contributed by atoms with van der Waals surface area (Å²) in [6.07, 6.45) is -2.04. The Morgan fingerprint density at radius 1 is 1.24 bits per heavy atom. The van der Waals surface area contributed by atoms with E-state index in [1.807, 2.05) is 0 Å². The predicted octanol–water partition coefficient (Wildman–Crippen LogP) is 5.36. The van der Waals surface area contributed by atoms with Crippen LogP contribution in [0.4, 0.5) is 17.6 Å². The van der Waals surface area contributed by atoms with Gasteiger partial charge in [0.1, 0.15) is 5.82 Å². The zero-order chi connectivity index (χ0) is 15.6. The van der Waals surface area contributed by atoms with Crippen LogP contribution in [0.15, 0.2) is 22.7 Å². The summed E-state index contributed by atoms with van der Waals surface area (Å²) in [7, 11) is 0. The van der Waals surface area contributed by atoms with Crippen molar-refractivity contribution in [2.24, 2.45) is 5.92 Å². The van der Waals surface area contributed by atoms with Gasteiger partial charge in [-0.1, -0.05) is 34.8 Å². The number of hydrogen-bond donors (Lipinski definition) is 1. The second-order valence-corrected chi connectivity index (χ2v) is 6.45. The smallest absolute Gasteiger partial charge is 0.307 e. The van der Waals surface area contributed by atoms with Crippen molar-refractivity contribution in [2.45, 2.75) is 50.9 Å². The summed E-state index contributed by atoms with van der Waals surface area (Å²) in [5.74, 6) is -1.67. The van der Waals surface area contributed by atoms with E-state index in [0.717, 1.165) is 12.0 Å². The molecule has 2 rings (SSSR count). The fourth-order valence-electron chi connectivity index (χ4n) is 2.99. The largest absolute Gasteiger partial charge is 0.393 e. The molecule has 1 aliphatic carbocycles. The molecule has 0 bridgehead atoms. The Morgan fingerprint density at radius 2 is 1.90 bits per heavy atom. The van der Waals surface area contributed by atoms with Gasteiger partial charge in [-0.3, -0.25) is 0 Å². The lowest BCUT2D eigenvalue weighted by atomic mass is 9.83. The summed E-state index contributed by atoms with van der Waals surface area (Å²) in [6, 6.07) is 3.40. The van der Waals surface area contributed by atoms with Crippen molar-refractivity contribution < 1.29 is 17.6 Å². The third-order valence-electron chi connectivity index (χ3n) is 4.08. The van der Waals surface area contributed by atoms with Crippen molar-refractivity contribution in [1.29, 1.82) is 0 Å². The molecule has 0 heterocycles. The molecule has 1 aromatic rings. The zero-order valence-corrected chi connectivity index (χ0v) is 13.3. The lowest BCUT2D eigenvalue weighted by Crippen LogP contribution is -2.46. The van der Waals surface area contributed by atoms with Crippen molar-refractivity contribution >= 4 is 15.9 Å². The van der Waals surface area contributed by atoms with Gasteiger partial charge in [-0.05, 0) is 37.5 Å². The molecular formula is C15H18BrF4N. The number of halogens is 5. The molecule has 0 saturated heterocycles. The molecule has 21 heavy (non-hydrogen) atoms. The summed E-state index contributed by atoms with van der Waals surface area (Å²) < 4.78 is 52.9. The minimum absolute atomic E-state index is 0.179. The highest BCUT2D eigenvalue weighted by atomic mass is 79.9. The van der Waals surface area contributed by atoms with Gasteiger partial charge >= 0.3 is 6.18 Å². The van der Waals surface area contributed by atoms with Crippen LogP contribution in [-0.4, -0.2) is 12.2 Å². The van der Waals surface area contributed by atoms with Crippen LogP contribution < -0.4 is 5.32 Å². The monoisotopic (exact) mass is 367 g/mol. The minimum atomic E-state index is -4.17. The summed E-state index contributed by atoms with van der Waals surface area (Å²) in [5.41, 5.74) is 0.767. The number of nitrogens with one attached hydrogen (secondary N) is 1. The topological polar surface area (TPSA) is 12.0 Å². The maximum atomic E-state index is 13.1. The van der Waals surface area contributed by atoms with Gasteiger partial charge in [0.25, 0.3) is 0 Å². The molecule has 1 aliphatic rings. The Hall–Kier alpha value is -0.620. The molecule has 1 aromatic carbocycles. The normalized spacial score (nSPS) is 24.9. The average molecular weight is 368 g/mol. The average Bonchev–Trinajstić information content (AvgIpc) is 2.37. The van der Waals surface area contributed by atoms with Crippen LogP contribution in [0.25, 0.3) is 0 Å². The van der Waals surface area contributed by atoms with E-state index in [4.69, 9.17) is 0 Å². The molecule has 0 radical (unpaired) electrons. The second kappa shape index (κ2) is 6.65. The van der Waals surface area contributed by atoms with Crippen molar-refractivity contribution in [3.05, 3.63) is 34.1 Å². The van der Waals surface area contributed by atoms with Crippen LogP contribution in [0.3, 0.4) is 0 Å². The van der Waals surface area contributed by atoms with Crippen LogP contribution in [0.1, 0.15) is 44.2 Å². The van der Waals surface area contributed by atoms with Gasteiger partial charge in [-0.15, -0.1) is 0 Å². The summed E-state index contributed by atoms with van der Waals surface area (Å²) in [5, 5.41) is 3.08. The molecule has 6 heteroatoms. The van der Waals surface area contributed by atoms with E-state index >= 15 is 0 Å². The molecule has 1 saturated carbocycles. The summed E-state index contributed by atoms with van der Waals surface area (Å²) in [4.78, 5) is 0. The van der Waals surface area contributed by atoms with E-state index in [9.17, 15) is 17.6 Å². The highest BCUT2D eigenvalue weighted by molar-refractivity contribution is 9.10. The van der Waals surface area contributed by atoms with Gasteiger partial charge in [0.05, 0.1) is 5.92 Å². The predicted molar refractivity (Wildman–Crippen MR) is 77.5 cm³/mol. The Balaban J connectivity index is 2.11. The van der Waals surface area contributed by atoms with Crippen LogP contribution in [0, 0.1) is 11.7 Å². The molecule has 0 aliphatic heterocycles. The number of rotatable bonds is 3. The lowest BCUT2D eigenvalue weighted by Gasteiger charge is -2.35. The third-order valence-corrected chi connectivity index (χ3v) is 4.77. The molecule has 3 atom stereocenters. The Labute approximate surface area is 130 Å². The molecule has 1 nitrogen and oxygen atoms in total. The molecule has 118 valence electrons. The van der Waals surface area contributed by atoms with E-state index in [1.165, 1.54) is 12.1 Å². The zero-order valence-electron chi connectivity index (χ0n) is 11.7. The van der Waals surface area contributed by atoms with Gasteiger partial charge in [0.15, 0.2) is 0 Å². The first-order valence-electron chi connectivity index (χ1n) is 7.06. The van der Waals surface area contributed by atoms with Crippen LogP contribution in [0.2, 0.25) is 0 Å². The third kappa shape index (κ3) is 4.19. The van der Waals surface area contributed by atoms with Crippen molar-refractivity contribution in [1.82, 2.24) is 5.32 Å². The molecule has 3 unspecified atom stereocenters. The highest BCUT2D eigenvalue weighted by Crippen LogP contribution is 2.39. The van der Waals surface area contributed by atoms with Gasteiger partial charge in [-0.25, -0.2) is 4.39 Å². The quantitative estimate of drug-likeness (QED) is 0.709. The van der Waals surface area contributed by atoms with Gasteiger partial charge in [0, 0.05) is 16.6 Å². The van der Waals surface area contributed by atoms with Crippen molar-refractivity contribution in [3.63, 3.8) is 0 Å². The Morgan fingerprint density at radius 3 is 2.52 bits per heavy atom. The number of hydrogen-bond acceptors (Lipinski definition) is 1. The Bertz CT molecular complexity index is 489. The second-order valence-electron chi connectivity index (χ2n) is 5.59. The SMILES string of the molecule is CC(NC1CCCCC1C(F)(F)F)c1ccc(F)cc1Br. The van der Waals surface area contributed by atoms with Gasteiger partial charge in [-0.2, -0.15) is 13.2 Å². The van der Waals surface area contributed by atoms with E-state index in [0.29, 0.717) is 17.3 Å². The van der Waals surface area contributed by atoms with Crippen LogP contribution in [0.5, 0.6) is 0 Å². The first kappa shape index (κ1) is 16.7. The first-order valence-corrected chi connectivity index (χ1v) is 7.86. The molecule has 0 amide bonds.